The number of carbonyl (C=O) groups excluding carboxylic acids is 1. The van der Waals surface area contributed by atoms with Crippen LogP contribution in [0.5, 0.6) is 0 Å². The number of benzene rings is 2. The molecule has 0 aromatic heterocycles. The average Bonchev–Trinajstić information content (AvgIpc) is 2.68. The fourth-order valence-electron chi connectivity index (χ4n) is 2.16. The predicted molar refractivity (Wildman–Crippen MR) is 104 cm³/mol. The Balaban J connectivity index is 0.000000273. The molecule has 0 amide bonds. The van der Waals surface area contributed by atoms with E-state index in [1.807, 2.05) is 60.7 Å². The molecule has 0 aliphatic rings. The first kappa shape index (κ1) is 22.0. The molecule has 0 saturated heterocycles. The first-order valence-corrected chi connectivity index (χ1v) is 9.11. The second-order valence-corrected chi connectivity index (χ2v) is 6.24. The third-order valence-corrected chi connectivity index (χ3v) is 4.43. The van der Waals surface area contributed by atoms with Crippen LogP contribution in [0.2, 0.25) is 0 Å². The smallest absolute Gasteiger partial charge is 0.318 e. The Bertz CT molecular complexity index is 677. The van der Waals surface area contributed by atoms with E-state index in [1.165, 1.54) is 0 Å². The van der Waals surface area contributed by atoms with Crippen LogP contribution in [0.3, 0.4) is 0 Å². The Morgan fingerprint density at radius 1 is 1.00 bits per heavy atom. The summed E-state index contributed by atoms with van der Waals surface area (Å²) in [6, 6.07) is 18.7. The number of rotatable bonds is 7. The molecule has 0 unspecified atom stereocenters. The molecule has 0 radical (unpaired) electrons. The van der Waals surface area contributed by atoms with Gasteiger partial charge in [0.1, 0.15) is 5.41 Å². The number of alkyl halides is 2. The lowest BCUT2D eigenvalue weighted by atomic mass is 9.84. The minimum Gasteiger partial charge on any atom is -0.481 e. The molecule has 26 heavy (non-hydrogen) atoms. The van der Waals surface area contributed by atoms with Gasteiger partial charge in [-0.2, -0.15) is 0 Å². The Kier molecular flexibility index (Phi) is 9.78. The van der Waals surface area contributed by atoms with E-state index in [0.29, 0.717) is 6.42 Å². The van der Waals surface area contributed by atoms with Gasteiger partial charge < -0.3 is 9.84 Å². The first-order chi connectivity index (χ1) is 12.4. The second kappa shape index (κ2) is 11.6. The van der Waals surface area contributed by atoms with Crippen molar-refractivity contribution in [2.45, 2.75) is 25.2 Å². The molecule has 0 spiro atoms. The largest absolute Gasteiger partial charge is 0.481 e. The molecule has 0 aliphatic heterocycles. The Morgan fingerprint density at radius 2 is 1.54 bits per heavy atom. The van der Waals surface area contributed by atoms with Crippen LogP contribution in [0.4, 0.5) is 0 Å². The van der Waals surface area contributed by atoms with Crippen molar-refractivity contribution in [3.05, 3.63) is 71.8 Å². The molecule has 0 heterocycles. The van der Waals surface area contributed by atoms with E-state index < -0.39 is 17.4 Å². The Labute approximate surface area is 163 Å². The zero-order chi connectivity index (χ0) is 19.4. The predicted octanol–water partition coefficient (Wildman–Crippen LogP) is 4.63. The van der Waals surface area contributed by atoms with E-state index in [-0.39, 0.29) is 18.4 Å². The molecular weight excluding hydrogens is 375 g/mol. The van der Waals surface area contributed by atoms with Crippen LogP contribution in [-0.2, 0) is 26.2 Å². The number of esters is 1. The summed E-state index contributed by atoms with van der Waals surface area (Å²) in [6.45, 7) is 1.74. The summed E-state index contributed by atoms with van der Waals surface area (Å²) in [5.41, 5.74) is 1.07. The highest BCUT2D eigenvalue weighted by Gasteiger charge is 2.35. The van der Waals surface area contributed by atoms with Crippen molar-refractivity contribution in [3.8, 4) is 0 Å². The van der Waals surface area contributed by atoms with Crippen LogP contribution >= 0.6 is 23.2 Å². The summed E-state index contributed by atoms with van der Waals surface area (Å²) in [6.07, 6.45) is 0.834. The standard InChI is InChI=1S/C11H12Cl2O2.C9H10O2/c1-11(7-12,10(14)15-8-13)9-5-3-2-4-6-9;10-9(11)7-6-8-4-2-1-3-5-8/h2-6H,7-8H2,1H3;1-5H,6-7H2,(H,10,11)/t11-;/m0./s1. The minimum atomic E-state index is -0.836. The van der Waals surface area contributed by atoms with Gasteiger partial charge in [-0.15, -0.1) is 11.6 Å². The van der Waals surface area contributed by atoms with Crippen molar-refractivity contribution in [3.63, 3.8) is 0 Å². The van der Waals surface area contributed by atoms with Gasteiger partial charge in [0.15, 0.2) is 6.07 Å². The van der Waals surface area contributed by atoms with Gasteiger partial charge in [-0.05, 0) is 24.5 Å². The van der Waals surface area contributed by atoms with Gasteiger partial charge in [0.25, 0.3) is 0 Å². The summed E-state index contributed by atoms with van der Waals surface area (Å²) >= 11 is 11.2. The quantitative estimate of drug-likeness (QED) is 0.547. The molecule has 4 nitrogen and oxygen atoms in total. The van der Waals surface area contributed by atoms with E-state index in [4.69, 9.17) is 33.0 Å². The number of halogens is 2. The second-order valence-electron chi connectivity index (χ2n) is 5.75. The molecule has 0 aliphatic carbocycles. The van der Waals surface area contributed by atoms with Crippen molar-refractivity contribution in [2.75, 3.05) is 11.9 Å². The van der Waals surface area contributed by atoms with Crippen molar-refractivity contribution >= 4 is 35.1 Å². The van der Waals surface area contributed by atoms with Gasteiger partial charge in [0, 0.05) is 12.3 Å². The monoisotopic (exact) mass is 396 g/mol. The van der Waals surface area contributed by atoms with E-state index in [9.17, 15) is 9.59 Å². The van der Waals surface area contributed by atoms with Crippen LogP contribution in [0.1, 0.15) is 24.5 Å². The van der Waals surface area contributed by atoms with Crippen LogP contribution < -0.4 is 0 Å². The number of hydrogen-bond acceptors (Lipinski definition) is 3. The average molecular weight is 397 g/mol. The molecule has 0 saturated carbocycles. The van der Waals surface area contributed by atoms with Gasteiger partial charge in [-0.1, -0.05) is 72.3 Å². The highest BCUT2D eigenvalue weighted by atomic mass is 35.5. The van der Waals surface area contributed by atoms with Crippen molar-refractivity contribution in [2.24, 2.45) is 0 Å². The zero-order valence-corrected chi connectivity index (χ0v) is 16.0. The van der Waals surface area contributed by atoms with Crippen molar-refractivity contribution < 1.29 is 19.4 Å². The first-order valence-electron chi connectivity index (χ1n) is 8.04. The van der Waals surface area contributed by atoms with Crippen LogP contribution in [-0.4, -0.2) is 29.0 Å². The third kappa shape index (κ3) is 7.06. The molecular formula is C20H22Cl2O4. The van der Waals surface area contributed by atoms with Gasteiger partial charge in [0.2, 0.25) is 0 Å². The summed E-state index contributed by atoms with van der Waals surface area (Å²) in [7, 11) is 0. The summed E-state index contributed by atoms with van der Waals surface area (Å²) in [4.78, 5) is 21.9. The maximum atomic E-state index is 11.7. The highest BCUT2D eigenvalue weighted by molar-refractivity contribution is 6.21. The molecule has 2 aromatic carbocycles. The minimum absolute atomic E-state index is 0.155. The number of carboxylic acid groups (broad SMARTS) is 1. The summed E-state index contributed by atoms with van der Waals surface area (Å²) in [5.74, 6) is -0.986. The Morgan fingerprint density at radius 3 is 2.00 bits per heavy atom. The fourth-order valence-corrected chi connectivity index (χ4v) is 2.52. The van der Waals surface area contributed by atoms with Crippen molar-refractivity contribution in [1.82, 2.24) is 0 Å². The van der Waals surface area contributed by atoms with Crippen molar-refractivity contribution in [1.29, 1.82) is 0 Å². The number of aryl methyl sites for hydroxylation is 1. The topological polar surface area (TPSA) is 63.6 Å². The van der Waals surface area contributed by atoms with Gasteiger partial charge in [0.05, 0.1) is 0 Å². The molecule has 2 aromatic rings. The molecule has 6 heteroatoms. The summed E-state index contributed by atoms with van der Waals surface area (Å²) in [5, 5.41) is 8.37. The maximum Gasteiger partial charge on any atom is 0.318 e. The van der Waals surface area contributed by atoms with E-state index in [2.05, 4.69) is 0 Å². The molecule has 1 atom stereocenters. The number of ether oxygens (including phenoxy) is 1. The van der Waals surface area contributed by atoms with Gasteiger partial charge in [-0.25, -0.2) is 0 Å². The molecule has 0 fully saturated rings. The molecule has 2 rings (SSSR count). The van der Waals surface area contributed by atoms with E-state index in [0.717, 1.165) is 11.1 Å². The lowest BCUT2D eigenvalue weighted by molar-refractivity contribution is -0.147. The SMILES string of the molecule is C[C@@](CCl)(C(=O)OCCl)c1ccccc1.O=C(O)CCc1ccccc1. The van der Waals surface area contributed by atoms with Crippen LogP contribution in [0, 0.1) is 0 Å². The molecule has 0 bridgehead atoms. The maximum absolute atomic E-state index is 11.7. The van der Waals surface area contributed by atoms with Crippen LogP contribution in [0.15, 0.2) is 60.7 Å². The van der Waals surface area contributed by atoms with Crippen LogP contribution in [0.25, 0.3) is 0 Å². The van der Waals surface area contributed by atoms with Gasteiger partial charge >= 0.3 is 11.9 Å². The number of carboxylic acids is 1. The van der Waals surface area contributed by atoms with E-state index >= 15 is 0 Å². The highest BCUT2D eigenvalue weighted by Crippen LogP contribution is 2.26. The Hall–Kier alpha value is -2.04. The fraction of sp³-hybridized carbons (Fsp3) is 0.300. The normalized spacial score (nSPS) is 12.3. The molecule has 140 valence electrons. The number of hydrogen-bond donors (Lipinski definition) is 1. The van der Waals surface area contributed by atoms with Gasteiger partial charge in [-0.3, -0.25) is 9.59 Å². The molecule has 1 N–H and O–H groups in total. The summed E-state index contributed by atoms with van der Waals surface area (Å²) < 4.78 is 4.79. The van der Waals surface area contributed by atoms with E-state index in [1.54, 1.807) is 6.92 Å². The lowest BCUT2D eigenvalue weighted by Crippen LogP contribution is -2.36. The third-order valence-electron chi connectivity index (χ3n) is 3.78. The number of aliphatic carboxylic acids is 1. The zero-order valence-electron chi connectivity index (χ0n) is 14.5. The number of carbonyl (C=O) groups is 2. The lowest BCUT2D eigenvalue weighted by Gasteiger charge is -2.24.